The minimum absolute atomic E-state index is 0.0813. The normalized spacial score (nSPS) is 18.9. The van der Waals surface area contributed by atoms with Gasteiger partial charge in [-0.05, 0) is 32.0 Å². The Bertz CT molecular complexity index is 499. The number of nitrogens with zero attached hydrogens (tertiary/aromatic N) is 1. The predicted octanol–water partition coefficient (Wildman–Crippen LogP) is 1.94. The average Bonchev–Trinajstić information content (AvgIpc) is 2.42. The number of carbonyl (C=O) groups excluding carboxylic acids is 1. The third-order valence-electron chi connectivity index (χ3n) is 3.18. The van der Waals surface area contributed by atoms with Gasteiger partial charge in [0.2, 0.25) is 5.91 Å². The quantitative estimate of drug-likeness (QED) is 0.839. The highest BCUT2D eigenvalue weighted by Gasteiger charge is 2.24. The largest absolute Gasteiger partial charge is 0.478 e. The summed E-state index contributed by atoms with van der Waals surface area (Å²) >= 11 is 0. The van der Waals surface area contributed by atoms with Crippen LogP contribution in [-0.4, -0.2) is 29.6 Å². The van der Waals surface area contributed by atoms with Crippen LogP contribution in [0.25, 0.3) is 0 Å². The van der Waals surface area contributed by atoms with Crippen LogP contribution in [0.3, 0.4) is 0 Å². The molecule has 1 atom stereocenters. The van der Waals surface area contributed by atoms with E-state index in [2.05, 4.69) is 10.2 Å². The number of amides is 1. The minimum atomic E-state index is -0.993. The number of carbonyl (C=O) groups is 2. The van der Waals surface area contributed by atoms with E-state index in [1.807, 2.05) is 13.8 Å². The second-order valence-electron chi connectivity index (χ2n) is 4.42. The molecule has 1 aromatic carbocycles. The molecule has 0 radical (unpaired) electrons. The van der Waals surface area contributed by atoms with E-state index in [-0.39, 0.29) is 17.5 Å². The van der Waals surface area contributed by atoms with Gasteiger partial charge >= 0.3 is 5.97 Å². The van der Waals surface area contributed by atoms with Crippen LogP contribution < -0.4 is 10.2 Å². The molecule has 0 spiro atoms. The lowest BCUT2D eigenvalue weighted by atomic mass is 10.1. The Kier molecular flexibility index (Phi) is 3.23. The maximum absolute atomic E-state index is 11.7. The van der Waals surface area contributed by atoms with Crippen molar-refractivity contribution in [2.45, 2.75) is 26.3 Å². The van der Waals surface area contributed by atoms with Gasteiger partial charge in [0.25, 0.3) is 0 Å². The number of anilines is 2. The van der Waals surface area contributed by atoms with Crippen LogP contribution in [0.4, 0.5) is 11.4 Å². The second-order valence-corrected chi connectivity index (χ2v) is 4.42. The van der Waals surface area contributed by atoms with Crippen molar-refractivity contribution < 1.29 is 14.7 Å². The Morgan fingerprint density at radius 1 is 1.56 bits per heavy atom. The monoisotopic (exact) mass is 248 g/mol. The zero-order valence-electron chi connectivity index (χ0n) is 10.4. The molecule has 2 rings (SSSR count). The van der Waals surface area contributed by atoms with Crippen molar-refractivity contribution in [3.8, 4) is 0 Å². The van der Waals surface area contributed by atoms with Crippen molar-refractivity contribution in [3.05, 3.63) is 23.8 Å². The summed E-state index contributed by atoms with van der Waals surface area (Å²) in [5.74, 6) is -1.07. The first-order chi connectivity index (χ1) is 8.52. The van der Waals surface area contributed by atoms with Gasteiger partial charge in [-0.3, -0.25) is 4.79 Å². The van der Waals surface area contributed by atoms with Crippen LogP contribution in [0.2, 0.25) is 0 Å². The molecule has 0 bridgehead atoms. The van der Waals surface area contributed by atoms with Crippen molar-refractivity contribution in [2.24, 2.45) is 0 Å². The average molecular weight is 248 g/mol. The van der Waals surface area contributed by atoms with Crippen molar-refractivity contribution in [3.63, 3.8) is 0 Å². The molecule has 18 heavy (non-hydrogen) atoms. The predicted molar refractivity (Wildman–Crippen MR) is 69.1 cm³/mol. The van der Waals surface area contributed by atoms with Crippen molar-refractivity contribution >= 4 is 23.3 Å². The summed E-state index contributed by atoms with van der Waals surface area (Å²) in [6.45, 7) is 4.78. The highest BCUT2D eigenvalue weighted by molar-refractivity contribution is 5.99. The molecule has 5 nitrogen and oxygen atoms in total. The van der Waals surface area contributed by atoms with Crippen LogP contribution >= 0.6 is 0 Å². The van der Waals surface area contributed by atoms with Gasteiger partial charge in [-0.2, -0.15) is 0 Å². The number of aromatic carboxylic acids is 1. The molecular weight excluding hydrogens is 232 g/mol. The molecule has 1 unspecified atom stereocenters. The topological polar surface area (TPSA) is 69.6 Å². The van der Waals surface area contributed by atoms with E-state index in [9.17, 15) is 9.59 Å². The Balaban J connectivity index is 2.51. The van der Waals surface area contributed by atoms with E-state index in [1.165, 1.54) is 6.07 Å². The Morgan fingerprint density at radius 2 is 2.28 bits per heavy atom. The number of benzene rings is 1. The van der Waals surface area contributed by atoms with Crippen LogP contribution in [0, 0.1) is 0 Å². The van der Waals surface area contributed by atoms with Crippen molar-refractivity contribution in [1.29, 1.82) is 0 Å². The number of fused-ring (bicyclic) bond motifs is 1. The SMILES string of the molecule is CCN1c2ccc(C(=O)O)cc2NC(=O)CC1C. The first-order valence-corrected chi connectivity index (χ1v) is 5.96. The number of hydrogen-bond acceptors (Lipinski definition) is 3. The standard InChI is InChI=1S/C13H16N2O3/c1-3-15-8(2)6-12(16)14-10-7-9(13(17)18)4-5-11(10)15/h4-5,7-8H,3,6H2,1-2H3,(H,14,16)(H,17,18). The molecule has 1 aromatic rings. The van der Waals surface area contributed by atoms with Crippen molar-refractivity contribution in [1.82, 2.24) is 0 Å². The van der Waals surface area contributed by atoms with E-state index in [0.29, 0.717) is 12.1 Å². The lowest BCUT2D eigenvalue weighted by molar-refractivity contribution is -0.116. The summed E-state index contributed by atoms with van der Waals surface area (Å²) in [7, 11) is 0. The zero-order chi connectivity index (χ0) is 13.3. The van der Waals surface area contributed by atoms with E-state index in [4.69, 9.17) is 5.11 Å². The number of nitrogens with one attached hydrogen (secondary N) is 1. The molecule has 5 heteroatoms. The van der Waals surface area contributed by atoms with Crippen LogP contribution in [0.1, 0.15) is 30.6 Å². The van der Waals surface area contributed by atoms with Gasteiger partial charge in [0.15, 0.2) is 0 Å². The molecule has 0 saturated carbocycles. The smallest absolute Gasteiger partial charge is 0.335 e. The first kappa shape index (κ1) is 12.4. The second kappa shape index (κ2) is 4.68. The fourth-order valence-corrected chi connectivity index (χ4v) is 2.32. The molecule has 1 heterocycles. The lowest BCUT2D eigenvalue weighted by Gasteiger charge is -2.28. The molecule has 0 saturated heterocycles. The number of carboxylic acids is 1. The fraction of sp³-hybridized carbons (Fsp3) is 0.385. The van der Waals surface area contributed by atoms with E-state index >= 15 is 0 Å². The van der Waals surface area contributed by atoms with Gasteiger partial charge < -0.3 is 15.3 Å². The van der Waals surface area contributed by atoms with Crippen LogP contribution in [0.5, 0.6) is 0 Å². The third kappa shape index (κ3) is 2.16. The fourth-order valence-electron chi connectivity index (χ4n) is 2.32. The molecule has 1 aliphatic rings. The summed E-state index contributed by atoms with van der Waals surface area (Å²) in [4.78, 5) is 24.8. The number of hydrogen-bond donors (Lipinski definition) is 2. The Morgan fingerprint density at radius 3 is 2.89 bits per heavy atom. The maximum Gasteiger partial charge on any atom is 0.335 e. The maximum atomic E-state index is 11.7. The van der Waals surface area contributed by atoms with E-state index < -0.39 is 5.97 Å². The minimum Gasteiger partial charge on any atom is -0.478 e. The van der Waals surface area contributed by atoms with Gasteiger partial charge in [0.05, 0.1) is 16.9 Å². The van der Waals surface area contributed by atoms with Crippen molar-refractivity contribution in [2.75, 3.05) is 16.8 Å². The number of carboxylic acid groups (broad SMARTS) is 1. The summed E-state index contributed by atoms with van der Waals surface area (Å²) in [6, 6.07) is 4.93. The summed E-state index contributed by atoms with van der Waals surface area (Å²) in [5.41, 5.74) is 1.63. The molecular formula is C13H16N2O3. The summed E-state index contributed by atoms with van der Waals surface area (Å²) in [5, 5.41) is 11.7. The molecule has 0 aliphatic carbocycles. The molecule has 2 N–H and O–H groups in total. The Labute approximate surface area is 105 Å². The van der Waals surface area contributed by atoms with Gasteiger partial charge in [-0.15, -0.1) is 0 Å². The highest BCUT2D eigenvalue weighted by atomic mass is 16.4. The van der Waals surface area contributed by atoms with Crippen LogP contribution in [0.15, 0.2) is 18.2 Å². The highest BCUT2D eigenvalue weighted by Crippen LogP contribution is 2.32. The third-order valence-corrected chi connectivity index (χ3v) is 3.18. The van der Waals surface area contributed by atoms with E-state index in [0.717, 1.165) is 12.2 Å². The molecule has 0 fully saturated rings. The number of rotatable bonds is 2. The molecule has 1 amide bonds. The van der Waals surface area contributed by atoms with Crippen LogP contribution in [-0.2, 0) is 4.79 Å². The molecule has 1 aliphatic heterocycles. The molecule has 96 valence electrons. The van der Waals surface area contributed by atoms with E-state index in [1.54, 1.807) is 12.1 Å². The van der Waals surface area contributed by atoms with Gasteiger partial charge in [-0.25, -0.2) is 4.79 Å². The summed E-state index contributed by atoms with van der Waals surface area (Å²) < 4.78 is 0. The van der Waals surface area contributed by atoms with Gasteiger partial charge in [0, 0.05) is 19.0 Å². The molecule has 0 aromatic heterocycles. The zero-order valence-corrected chi connectivity index (χ0v) is 10.4. The van der Waals surface area contributed by atoms with Gasteiger partial charge in [-0.1, -0.05) is 0 Å². The first-order valence-electron chi connectivity index (χ1n) is 5.96. The summed E-state index contributed by atoms with van der Waals surface area (Å²) in [6.07, 6.45) is 0.408. The Hall–Kier alpha value is -2.04. The lowest BCUT2D eigenvalue weighted by Crippen LogP contribution is -2.33. The van der Waals surface area contributed by atoms with Gasteiger partial charge in [0.1, 0.15) is 0 Å².